The van der Waals surface area contributed by atoms with Gasteiger partial charge in [-0.3, -0.25) is 9.79 Å². The lowest BCUT2D eigenvalue weighted by Crippen LogP contribution is -2.50. The number of benzene rings is 1. The van der Waals surface area contributed by atoms with E-state index in [1.54, 1.807) is 0 Å². The molecule has 1 aromatic carbocycles. The van der Waals surface area contributed by atoms with Gasteiger partial charge in [0.15, 0.2) is 5.96 Å². The Bertz CT molecular complexity index is 694. The molecule has 2 aliphatic rings. The van der Waals surface area contributed by atoms with Crippen LogP contribution < -0.4 is 10.6 Å². The summed E-state index contributed by atoms with van der Waals surface area (Å²) in [5.74, 6) is 1.10. The highest BCUT2D eigenvalue weighted by atomic mass is 16.2. The number of likely N-dealkylation sites (tertiary alicyclic amines) is 1. The lowest BCUT2D eigenvalue weighted by Gasteiger charge is -2.39. The fraction of sp³-hybridized carbons (Fsp3) is 0.652. The first-order valence-electron chi connectivity index (χ1n) is 10.9. The van der Waals surface area contributed by atoms with E-state index >= 15 is 0 Å². The standard InChI is InChI=1S/C23H36N4O/c1-4-21(28)27-15-12-19(16-27)26-22(24-3)25-17-23(13-8-5-9-14-23)20-11-7-6-10-18(20)2/h6-7,10-11,19H,4-5,8-9,12-17H2,1-3H3,(H2,24,25,26). The van der Waals surface area contributed by atoms with Crippen molar-refractivity contribution in [2.75, 3.05) is 26.7 Å². The molecule has 5 nitrogen and oxygen atoms in total. The highest BCUT2D eigenvalue weighted by Gasteiger charge is 2.35. The number of nitrogens with zero attached hydrogens (tertiary/aromatic N) is 2. The van der Waals surface area contributed by atoms with Crippen molar-refractivity contribution in [1.29, 1.82) is 0 Å². The molecule has 5 heteroatoms. The third kappa shape index (κ3) is 4.68. The van der Waals surface area contributed by atoms with Crippen LogP contribution in [0.1, 0.15) is 63.0 Å². The molecule has 3 rings (SSSR count). The predicted octanol–water partition coefficient (Wildman–Crippen LogP) is 3.37. The van der Waals surface area contributed by atoms with E-state index in [9.17, 15) is 4.79 Å². The summed E-state index contributed by atoms with van der Waals surface area (Å²) in [6, 6.07) is 9.12. The Hall–Kier alpha value is -2.04. The molecule has 154 valence electrons. The number of amides is 1. The Labute approximate surface area is 170 Å². The number of carbonyl (C=O) groups is 1. The summed E-state index contributed by atoms with van der Waals surface area (Å²) in [5, 5.41) is 7.17. The Morgan fingerprint density at radius 2 is 2.00 bits per heavy atom. The maximum atomic E-state index is 11.9. The van der Waals surface area contributed by atoms with Gasteiger partial charge in [0.05, 0.1) is 0 Å². The molecule has 1 atom stereocenters. The zero-order valence-corrected chi connectivity index (χ0v) is 17.8. The van der Waals surface area contributed by atoms with Crippen LogP contribution >= 0.6 is 0 Å². The van der Waals surface area contributed by atoms with Crippen molar-refractivity contribution in [3.63, 3.8) is 0 Å². The van der Waals surface area contributed by atoms with Gasteiger partial charge in [0.2, 0.25) is 5.91 Å². The summed E-state index contributed by atoms with van der Waals surface area (Å²) < 4.78 is 0. The molecule has 1 saturated carbocycles. The number of rotatable bonds is 5. The van der Waals surface area contributed by atoms with Gasteiger partial charge < -0.3 is 15.5 Å². The average molecular weight is 385 g/mol. The Morgan fingerprint density at radius 1 is 1.25 bits per heavy atom. The average Bonchev–Trinajstić information content (AvgIpc) is 3.20. The molecule has 2 N–H and O–H groups in total. The minimum Gasteiger partial charge on any atom is -0.356 e. The minimum atomic E-state index is 0.182. The number of guanidine groups is 1. The lowest BCUT2D eigenvalue weighted by atomic mass is 9.68. The smallest absolute Gasteiger partial charge is 0.222 e. The molecule has 1 heterocycles. The van der Waals surface area contributed by atoms with E-state index < -0.39 is 0 Å². The van der Waals surface area contributed by atoms with Crippen molar-refractivity contribution < 1.29 is 4.79 Å². The molecule has 0 radical (unpaired) electrons. The van der Waals surface area contributed by atoms with Crippen LogP contribution in [0.3, 0.4) is 0 Å². The van der Waals surface area contributed by atoms with Crippen LogP contribution in [0.15, 0.2) is 29.3 Å². The van der Waals surface area contributed by atoms with Crippen molar-refractivity contribution in [3.8, 4) is 0 Å². The number of aliphatic imine (C=N–C) groups is 1. The van der Waals surface area contributed by atoms with Gasteiger partial charge in [0.1, 0.15) is 0 Å². The SMILES string of the molecule is CCC(=O)N1CCC(NC(=NC)NCC2(c3ccccc3C)CCCCC2)C1. The van der Waals surface area contributed by atoms with Crippen LogP contribution in [0.25, 0.3) is 0 Å². The van der Waals surface area contributed by atoms with Crippen LogP contribution in [0.2, 0.25) is 0 Å². The summed E-state index contributed by atoms with van der Waals surface area (Å²) in [5.41, 5.74) is 3.05. The van der Waals surface area contributed by atoms with Crippen molar-refractivity contribution in [3.05, 3.63) is 35.4 Å². The van der Waals surface area contributed by atoms with Crippen LogP contribution in [0, 0.1) is 6.92 Å². The summed E-state index contributed by atoms with van der Waals surface area (Å²) in [6.07, 6.45) is 7.93. The van der Waals surface area contributed by atoms with E-state index in [0.29, 0.717) is 6.42 Å². The molecule has 0 spiro atoms. The van der Waals surface area contributed by atoms with Crippen molar-refractivity contribution in [2.24, 2.45) is 4.99 Å². The number of hydrogen-bond acceptors (Lipinski definition) is 2. The summed E-state index contributed by atoms with van der Waals surface area (Å²) in [4.78, 5) is 18.4. The molecule has 1 unspecified atom stereocenters. The second-order valence-corrected chi connectivity index (χ2v) is 8.40. The van der Waals surface area contributed by atoms with Gasteiger partial charge in [-0.1, -0.05) is 50.5 Å². The van der Waals surface area contributed by atoms with Crippen LogP contribution in [-0.2, 0) is 10.2 Å². The van der Waals surface area contributed by atoms with Gasteiger partial charge >= 0.3 is 0 Å². The lowest BCUT2D eigenvalue weighted by molar-refractivity contribution is -0.129. The molecular formula is C23H36N4O. The van der Waals surface area contributed by atoms with Crippen LogP contribution in [0.5, 0.6) is 0 Å². The Balaban J connectivity index is 1.64. The number of aryl methyl sites for hydroxylation is 1. The second-order valence-electron chi connectivity index (χ2n) is 8.40. The van der Waals surface area contributed by atoms with Crippen molar-refractivity contribution in [2.45, 2.75) is 70.3 Å². The van der Waals surface area contributed by atoms with Gasteiger partial charge in [0, 0.05) is 44.6 Å². The van der Waals surface area contributed by atoms with Crippen molar-refractivity contribution >= 4 is 11.9 Å². The monoisotopic (exact) mass is 384 g/mol. The molecular weight excluding hydrogens is 348 g/mol. The quantitative estimate of drug-likeness (QED) is 0.604. The molecule has 1 amide bonds. The van der Waals surface area contributed by atoms with Gasteiger partial charge in [-0.15, -0.1) is 0 Å². The number of carbonyl (C=O) groups excluding carboxylic acids is 1. The van der Waals surface area contributed by atoms with Crippen LogP contribution in [0.4, 0.5) is 0 Å². The fourth-order valence-electron chi connectivity index (χ4n) is 4.91. The maximum absolute atomic E-state index is 11.9. The topological polar surface area (TPSA) is 56.7 Å². The van der Waals surface area contributed by atoms with E-state index in [1.807, 2.05) is 18.9 Å². The van der Waals surface area contributed by atoms with Gasteiger partial charge in [0.25, 0.3) is 0 Å². The third-order valence-electron chi connectivity index (χ3n) is 6.53. The maximum Gasteiger partial charge on any atom is 0.222 e. The summed E-state index contributed by atoms with van der Waals surface area (Å²) >= 11 is 0. The highest BCUT2D eigenvalue weighted by molar-refractivity contribution is 5.80. The van der Waals surface area contributed by atoms with E-state index in [-0.39, 0.29) is 17.4 Å². The Kier molecular flexibility index (Phi) is 6.97. The normalized spacial score (nSPS) is 22.2. The van der Waals surface area contributed by atoms with Gasteiger partial charge in [-0.05, 0) is 37.3 Å². The second kappa shape index (κ2) is 9.44. The third-order valence-corrected chi connectivity index (χ3v) is 6.53. The summed E-state index contributed by atoms with van der Waals surface area (Å²) in [7, 11) is 1.83. The van der Waals surface area contributed by atoms with Gasteiger partial charge in [-0.25, -0.2) is 0 Å². The minimum absolute atomic E-state index is 0.182. The first-order valence-corrected chi connectivity index (χ1v) is 10.9. The van der Waals surface area contributed by atoms with E-state index in [2.05, 4.69) is 46.8 Å². The molecule has 1 saturated heterocycles. The molecule has 28 heavy (non-hydrogen) atoms. The highest BCUT2D eigenvalue weighted by Crippen LogP contribution is 2.40. The molecule has 0 bridgehead atoms. The van der Waals surface area contributed by atoms with Crippen molar-refractivity contribution in [1.82, 2.24) is 15.5 Å². The van der Waals surface area contributed by atoms with E-state index in [4.69, 9.17) is 0 Å². The molecule has 0 aromatic heterocycles. The predicted molar refractivity (Wildman–Crippen MR) is 116 cm³/mol. The van der Waals surface area contributed by atoms with Crippen LogP contribution in [-0.4, -0.2) is 49.5 Å². The molecule has 1 aromatic rings. The largest absolute Gasteiger partial charge is 0.356 e. The fourth-order valence-corrected chi connectivity index (χ4v) is 4.91. The zero-order valence-electron chi connectivity index (χ0n) is 17.8. The zero-order chi connectivity index (χ0) is 20.0. The first kappa shape index (κ1) is 20.7. The first-order chi connectivity index (χ1) is 13.6. The number of hydrogen-bond donors (Lipinski definition) is 2. The van der Waals surface area contributed by atoms with E-state index in [0.717, 1.165) is 32.0 Å². The number of nitrogens with one attached hydrogen (secondary N) is 2. The molecule has 1 aliphatic heterocycles. The summed E-state index contributed by atoms with van der Waals surface area (Å²) in [6.45, 7) is 6.68. The van der Waals surface area contributed by atoms with Gasteiger partial charge in [-0.2, -0.15) is 0 Å². The van der Waals surface area contributed by atoms with E-state index in [1.165, 1.54) is 43.2 Å². The molecule has 1 aliphatic carbocycles. The Morgan fingerprint density at radius 3 is 2.68 bits per heavy atom. The molecule has 2 fully saturated rings.